The van der Waals surface area contributed by atoms with Gasteiger partial charge in [-0.3, -0.25) is 9.59 Å². The zero-order valence-electron chi connectivity index (χ0n) is 16.9. The Hall–Kier alpha value is -3.22. The van der Waals surface area contributed by atoms with Gasteiger partial charge < -0.3 is 24.4 Å². The van der Waals surface area contributed by atoms with Crippen LogP contribution in [0.2, 0.25) is 0 Å². The monoisotopic (exact) mass is 398 g/mol. The van der Waals surface area contributed by atoms with Crippen molar-refractivity contribution in [3.05, 3.63) is 42.5 Å². The molecule has 0 fully saturated rings. The van der Waals surface area contributed by atoms with Crippen LogP contribution in [-0.2, 0) is 9.59 Å². The largest absolute Gasteiger partial charge is 0.497 e. The number of carbonyl (C=O) groups excluding carboxylic acids is 2. The molecule has 0 spiro atoms. The summed E-state index contributed by atoms with van der Waals surface area (Å²) in [6.07, 6.45) is 0.653. The third-order valence-electron chi connectivity index (χ3n) is 4.55. The van der Waals surface area contributed by atoms with Crippen LogP contribution >= 0.6 is 0 Å². The second kappa shape index (κ2) is 9.32. The summed E-state index contributed by atoms with van der Waals surface area (Å²) in [7, 11) is 1.62. The molecule has 0 atom stereocenters. The van der Waals surface area contributed by atoms with Crippen molar-refractivity contribution in [3.63, 3.8) is 0 Å². The lowest BCUT2D eigenvalue weighted by molar-refractivity contribution is -0.121. The SMILES string of the molecule is COc1ccc(OCCCN2C(=O)COc3ccc(NC(=O)C(C)C)cc32)cc1. The molecule has 2 aromatic rings. The quantitative estimate of drug-likeness (QED) is 0.689. The van der Waals surface area contributed by atoms with Crippen LogP contribution in [0.4, 0.5) is 11.4 Å². The second-order valence-corrected chi connectivity index (χ2v) is 7.04. The van der Waals surface area contributed by atoms with E-state index in [-0.39, 0.29) is 24.3 Å². The molecule has 0 unspecified atom stereocenters. The Morgan fingerprint density at radius 2 is 1.90 bits per heavy atom. The fraction of sp³-hybridized carbons (Fsp3) is 0.364. The van der Waals surface area contributed by atoms with Crippen molar-refractivity contribution in [1.82, 2.24) is 0 Å². The van der Waals surface area contributed by atoms with Crippen LogP contribution in [0.3, 0.4) is 0 Å². The Morgan fingerprint density at radius 1 is 1.17 bits per heavy atom. The predicted octanol–water partition coefficient (Wildman–Crippen LogP) is 3.48. The van der Waals surface area contributed by atoms with Gasteiger partial charge in [-0.1, -0.05) is 13.8 Å². The molecule has 0 aromatic heterocycles. The van der Waals surface area contributed by atoms with Crippen LogP contribution in [-0.4, -0.2) is 38.7 Å². The zero-order valence-corrected chi connectivity index (χ0v) is 16.9. The number of benzene rings is 2. The van der Waals surface area contributed by atoms with E-state index in [1.165, 1.54) is 0 Å². The zero-order chi connectivity index (χ0) is 20.8. The first-order valence-corrected chi connectivity index (χ1v) is 9.63. The lowest BCUT2D eigenvalue weighted by Gasteiger charge is -2.30. The predicted molar refractivity (Wildman–Crippen MR) is 111 cm³/mol. The molecule has 1 N–H and O–H groups in total. The van der Waals surface area contributed by atoms with Crippen LogP contribution in [0.5, 0.6) is 17.2 Å². The first-order chi connectivity index (χ1) is 14.0. The van der Waals surface area contributed by atoms with E-state index < -0.39 is 0 Å². The number of ether oxygens (including phenoxy) is 3. The number of hydrogen-bond donors (Lipinski definition) is 1. The third-order valence-corrected chi connectivity index (χ3v) is 4.55. The first kappa shape index (κ1) is 20.5. The van der Waals surface area contributed by atoms with E-state index in [1.54, 1.807) is 30.2 Å². The highest BCUT2D eigenvalue weighted by molar-refractivity contribution is 5.99. The minimum Gasteiger partial charge on any atom is -0.497 e. The van der Waals surface area contributed by atoms with Crippen LogP contribution in [0.25, 0.3) is 0 Å². The molecule has 0 radical (unpaired) electrons. The van der Waals surface area contributed by atoms with Gasteiger partial charge in [-0.2, -0.15) is 0 Å². The van der Waals surface area contributed by atoms with Crippen molar-refractivity contribution in [2.24, 2.45) is 5.92 Å². The molecule has 29 heavy (non-hydrogen) atoms. The van der Waals surface area contributed by atoms with Crippen LogP contribution in [0.15, 0.2) is 42.5 Å². The Labute approximate surface area is 170 Å². The van der Waals surface area contributed by atoms with Crippen molar-refractivity contribution < 1.29 is 23.8 Å². The van der Waals surface area contributed by atoms with Gasteiger partial charge in [-0.15, -0.1) is 0 Å². The summed E-state index contributed by atoms with van der Waals surface area (Å²) < 4.78 is 16.4. The highest BCUT2D eigenvalue weighted by Crippen LogP contribution is 2.34. The number of anilines is 2. The van der Waals surface area contributed by atoms with E-state index in [0.29, 0.717) is 36.7 Å². The van der Waals surface area contributed by atoms with E-state index in [0.717, 1.165) is 11.5 Å². The molecule has 3 rings (SSSR count). The number of carbonyl (C=O) groups is 2. The van der Waals surface area contributed by atoms with Gasteiger partial charge in [-0.05, 0) is 48.9 Å². The lowest BCUT2D eigenvalue weighted by Crippen LogP contribution is -2.39. The van der Waals surface area contributed by atoms with Gasteiger partial charge >= 0.3 is 0 Å². The number of amides is 2. The Morgan fingerprint density at radius 3 is 2.59 bits per heavy atom. The highest BCUT2D eigenvalue weighted by atomic mass is 16.5. The molecular formula is C22H26N2O5. The maximum absolute atomic E-state index is 12.4. The summed E-state index contributed by atoms with van der Waals surface area (Å²) in [5.41, 5.74) is 1.30. The van der Waals surface area contributed by atoms with E-state index in [4.69, 9.17) is 14.2 Å². The van der Waals surface area contributed by atoms with Gasteiger partial charge in [0.15, 0.2) is 6.61 Å². The molecule has 7 heteroatoms. The fourth-order valence-corrected chi connectivity index (χ4v) is 2.90. The summed E-state index contributed by atoms with van der Waals surface area (Å²) in [6, 6.07) is 12.7. The van der Waals surface area contributed by atoms with Gasteiger partial charge in [-0.25, -0.2) is 0 Å². The number of hydrogen-bond acceptors (Lipinski definition) is 5. The van der Waals surface area contributed by atoms with E-state index in [9.17, 15) is 9.59 Å². The summed E-state index contributed by atoms with van der Waals surface area (Å²) >= 11 is 0. The summed E-state index contributed by atoms with van der Waals surface area (Å²) in [6.45, 7) is 4.62. The van der Waals surface area contributed by atoms with Crippen molar-refractivity contribution >= 4 is 23.2 Å². The molecule has 0 saturated carbocycles. The van der Waals surface area contributed by atoms with Crippen molar-refractivity contribution in [1.29, 1.82) is 0 Å². The normalized spacial score (nSPS) is 13.0. The summed E-state index contributed by atoms with van der Waals surface area (Å²) in [5.74, 6) is 1.83. The van der Waals surface area contributed by atoms with Crippen molar-refractivity contribution in [2.75, 3.05) is 37.1 Å². The lowest BCUT2D eigenvalue weighted by atomic mass is 10.1. The molecule has 1 aliphatic rings. The molecule has 7 nitrogen and oxygen atoms in total. The maximum Gasteiger partial charge on any atom is 0.265 e. The Kier molecular flexibility index (Phi) is 6.59. The van der Waals surface area contributed by atoms with Crippen LogP contribution < -0.4 is 24.4 Å². The molecule has 1 aliphatic heterocycles. The Balaban J connectivity index is 1.61. The smallest absolute Gasteiger partial charge is 0.265 e. The number of nitrogens with one attached hydrogen (secondary N) is 1. The molecule has 0 aliphatic carbocycles. The average Bonchev–Trinajstić information content (AvgIpc) is 2.72. The van der Waals surface area contributed by atoms with Gasteiger partial charge in [0.1, 0.15) is 17.2 Å². The molecular weight excluding hydrogens is 372 g/mol. The minimum atomic E-state index is -0.130. The number of fused-ring (bicyclic) bond motifs is 1. The van der Waals surface area contributed by atoms with Crippen molar-refractivity contribution in [2.45, 2.75) is 20.3 Å². The van der Waals surface area contributed by atoms with E-state index >= 15 is 0 Å². The third kappa shape index (κ3) is 5.19. The summed E-state index contributed by atoms with van der Waals surface area (Å²) in [4.78, 5) is 26.0. The van der Waals surface area contributed by atoms with E-state index in [2.05, 4.69) is 5.32 Å². The topological polar surface area (TPSA) is 77.1 Å². The van der Waals surface area contributed by atoms with Gasteiger partial charge in [0.2, 0.25) is 5.91 Å². The number of rotatable bonds is 8. The Bertz CT molecular complexity index is 864. The molecule has 2 amide bonds. The van der Waals surface area contributed by atoms with Gasteiger partial charge in [0.05, 0.1) is 19.4 Å². The average molecular weight is 398 g/mol. The minimum absolute atomic E-state index is 0.00400. The van der Waals surface area contributed by atoms with Gasteiger partial charge in [0, 0.05) is 18.2 Å². The molecule has 154 valence electrons. The first-order valence-electron chi connectivity index (χ1n) is 9.63. The second-order valence-electron chi connectivity index (χ2n) is 7.04. The highest BCUT2D eigenvalue weighted by Gasteiger charge is 2.25. The molecule has 0 bridgehead atoms. The number of nitrogens with zero attached hydrogens (tertiary/aromatic N) is 1. The van der Waals surface area contributed by atoms with Crippen LogP contribution in [0.1, 0.15) is 20.3 Å². The van der Waals surface area contributed by atoms with Gasteiger partial charge in [0.25, 0.3) is 5.91 Å². The standard InChI is InChI=1S/C22H26N2O5/c1-15(2)22(26)23-16-5-10-20-19(13-16)24(21(25)14-29-20)11-4-12-28-18-8-6-17(27-3)7-9-18/h5-10,13,15H,4,11-12,14H2,1-3H3,(H,23,26). The summed E-state index contributed by atoms with van der Waals surface area (Å²) in [5, 5.41) is 2.86. The molecule has 1 heterocycles. The van der Waals surface area contributed by atoms with E-state index in [1.807, 2.05) is 38.1 Å². The van der Waals surface area contributed by atoms with Crippen LogP contribution in [0, 0.1) is 5.92 Å². The maximum atomic E-state index is 12.4. The fourth-order valence-electron chi connectivity index (χ4n) is 2.90. The van der Waals surface area contributed by atoms with Crippen molar-refractivity contribution in [3.8, 4) is 17.2 Å². The molecule has 2 aromatic carbocycles. The number of methoxy groups -OCH3 is 1. The molecule has 0 saturated heterocycles.